The third-order valence-corrected chi connectivity index (χ3v) is 2.58. The zero-order valence-corrected chi connectivity index (χ0v) is 9.84. The highest BCUT2D eigenvalue weighted by molar-refractivity contribution is 5.14. The van der Waals surface area contributed by atoms with Crippen LogP contribution in [0.4, 0.5) is 0 Å². The minimum Gasteiger partial charge on any atom is -0.311 e. The maximum atomic E-state index is 4.21. The first-order chi connectivity index (χ1) is 8.45. The van der Waals surface area contributed by atoms with E-state index >= 15 is 0 Å². The van der Waals surface area contributed by atoms with Crippen LogP contribution in [0.25, 0.3) is 0 Å². The van der Waals surface area contributed by atoms with Gasteiger partial charge in [0.15, 0.2) is 0 Å². The molecule has 1 N–H and O–H groups in total. The molecule has 0 atom stereocenters. The van der Waals surface area contributed by atoms with E-state index in [0.717, 1.165) is 31.6 Å². The minimum atomic E-state index is 0.794. The van der Waals surface area contributed by atoms with Gasteiger partial charge in [0.1, 0.15) is 0 Å². The number of nitrogens with one attached hydrogen (secondary N) is 1. The fourth-order valence-corrected chi connectivity index (χ4v) is 1.70. The van der Waals surface area contributed by atoms with Crippen molar-refractivity contribution < 1.29 is 0 Å². The Kier molecular flexibility index (Phi) is 4.67. The van der Waals surface area contributed by atoms with Gasteiger partial charge in [0.05, 0.1) is 5.69 Å². The van der Waals surface area contributed by atoms with Crippen LogP contribution in [-0.4, -0.2) is 16.5 Å². The molecule has 3 nitrogen and oxygen atoms in total. The molecule has 3 heteroatoms. The quantitative estimate of drug-likeness (QED) is 0.769. The van der Waals surface area contributed by atoms with Gasteiger partial charge in [0, 0.05) is 25.1 Å². The van der Waals surface area contributed by atoms with E-state index in [0.29, 0.717) is 0 Å². The molecule has 2 rings (SSSR count). The second-order valence-corrected chi connectivity index (χ2v) is 3.96. The first-order valence-corrected chi connectivity index (χ1v) is 5.95. The number of hydrogen-bond donors (Lipinski definition) is 1. The summed E-state index contributed by atoms with van der Waals surface area (Å²) in [5.41, 5.74) is 2.39. The smallest absolute Gasteiger partial charge is 0.0724 e. The number of rotatable bonds is 6. The lowest BCUT2D eigenvalue weighted by Crippen LogP contribution is -2.16. The van der Waals surface area contributed by atoms with Crippen molar-refractivity contribution in [2.45, 2.75) is 19.4 Å². The third kappa shape index (κ3) is 4.33. The average Bonchev–Trinajstić information content (AvgIpc) is 2.41. The van der Waals surface area contributed by atoms with Gasteiger partial charge in [0.2, 0.25) is 0 Å². The Labute approximate surface area is 102 Å². The Balaban J connectivity index is 1.61. The van der Waals surface area contributed by atoms with Crippen LogP contribution in [0, 0.1) is 0 Å². The van der Waals surface area contributed by atoms with E-state index < -0.39 is 0 Å². The normalized spacial score (nSPS) is 10.4. The minimum absolute atomic E-state index is 0.794. The van der Waals surface area contributed by atoms with E-state index in [4.69, 9.17) is 0 Å². The van der Waals surface area contributed by atoms with Gasteiger partial charge in [-0.1, -0.05) is 30.3 Å². The highest BCUT2D eigenvalue weighted by Gasteiger charge is 1.94. The summed E-state index contributed by atoms with van der Waals surface area (Å²) in [6, 6.07) is 10.6. The van der Waals surface area contributed by atoms with Gasteiger partial charge in [0.25, 0.3) is 0 Å². The van der Waals surface area contributed by atoms with Crippen LogP contribution in [0.5, 0.6) is 0 Å². The second-order valence-electron chi connectivity index (χ2n) is 3.96. The average molecular weight is 227 g/mol. The molecule has 0 amide bonds. The Morgan fingerprint density at radius 3 is 2.71 bits per heavy atom. The predicted molar refractivity (Wildman–Crippen MR) is 68.5 cm³/mol. The third-order valence-electron chi connectivity index (χ3n) is 2.58. The van der Waals surface area contributed by atoms with Crippen LogP contribution in [0.2, 0.25) is 0 Å². The monoisotopic (exact) mass is 227 g/mol. The summed E-state index contributed by atoms with van der Waals surface area (Å²) >= 11 is 0. The van der Waals surface area contributed by atoms with Gasteiger partial charge in [-0.2, -0.15) is 0 Å². The maximum absolute atomic E-state index is 4.21. The highest BCUT2D eigenvalue weighted by Crippen LogP contribution is 2.01. The SMILES string of the molecule is c1ccc(CCCNCc2cnccn2)cc1. The molecule has 0 fully saturated rings. The van der Waals surface area contributed by atoms with Gasteiger partial charge >= 0.3 is 0 Å². The number of hydrogen-bond acceptors (Lipinski definition) is 3. The van der Waals surface area contributed by atoms with Crippen molar-refractivity contribution in [2.24, 2.45) is 0 Å². The summed E-state index contributed by atoms with van der Waals surface area (Å²) in [4.78, 5) is 8.24. The van der Waals surface area contributed by atoms with E-state index in [1.807, 2.05) is 0 Å². The Morgan fingerprint density at radius 2 is 1.94 bits per heavy atom. The van der Waals surface area contributed by atoms with E-state index in [1.54, 1.807) is 18.6 Å². The van der Waals surface area contributed by atoms with Gasteiger partial charge in [-0.05, 0) is 24.9 Å². The van der Waals surface area contributed by atoms with Crippen molar-refractivity contribution in [3.63, 3.8) is 0 Å². The molecule has 0 spiro atoms. The van der Waals surface area contributed by atoms with Crippen molar-refractivity contribution in [2.75, 3.05) is 6.54 Å². The van der Waals surface area contributed by atoms with Crippen molar-refractivity contribution in [1.82, 2.24) is 15.3 Å². The van der Waals surface area contributed by atoms with Gasteiger partial charge in [-0.15, -0.1) is 0 Å². The van der Waals surface area contributed by atoms with Crippen molar-refractivity contribution in [3.05, 3.63) is 60.2 Å². The molecular weight excluding hydrogens is 210 g/mol. The fraction of sp³-hybridized carbons (Fsp3) is 0.286. The molecule has 1 aromatic heterocycles. The predicted octanol–water partition coefficient (Wildman–Crippen LogP) is 2.20. The van der Waals surface area contributed by atoms with E-state index in [-0.39, 0.29) is 0 Å². The molecular formula is C14H17N3. The molecule has 1 heterocycles. The topological polar surface area (TPSA) is 37.8 Å². The summed E-state index contributed by atoms with van der Waals surface area (Å²) in [6.45, 7) is 1.80. The highest BCUT2D eigenvalue weighted by atomic mass is 14.9. The van der Waals surface area contributed by atoms with Gasteiger partial charge in [-0.3, -0.25) is 9.97 Å². The van der Waals surface area contributed by atoms with Crippen molar-refractivity contribution in [1.29, 1.82) is 0 Å². The van der Waals surface area contributed by atoms with Crippen molar-refractivity contribution in [3.8, 4) is 0 Å². The molecule has 17 heavy (non-hydrogen) atoms. The molecule has 0 saturated carbocycles. The molecule has 2 aromatic rings. The molecule has 0 saturated heterocycles. The number of aromatic nitrogens is 2. The Hall–Kier alpha value is -1.74. The molecule has 0 unspecified atom stereocenters. The lowest BCUT2D eigenvalue weighted by atomic mass is 10.1. The molecule has 88 valence electrons. The van der Waals surface area contributed by atoms with Crippen LogP contribution < -0.4 is 5.32 Å². The number of nitrogens with zero attached hydrogens (tertiary/aromatic N) is 2. The molecule has 0 aliphatic heterocycles. The molecule has 0 aliphatic carbocycles. The van der Waals surface area contributed by atoms with E-state index in [1.165, 1.54) is 5.56 Å². The fourth-order valence-electron chi connectivity index (χ4n) is 1.70. The summed E-state index contributed by atoms with van der Waals surface area (Å²) < 4.78 is 0. The molecule has 1 aromatic carbocycles. The number of benzene rings is 1. The Bertz CT molecular complexity index is 372. The standard InChI is InChI=1S/C14H17N3/c1-2-5-13(6-3-1)7-4-8-15-11-14-12-16-9-10-17-14/h1-3,5-6,9-10,12,15H,4,7-8,11H2. The summed E-state index contributed by atoms with van der Waals surface area (Å²) in [7, 11) is 0. The molecule has 0 radical (unpaired) electrons. The van der Waals surface area contributed by atoms with E-state index in [9.17, 15) is 0 Å². The summed E-state index contributed by atoms with van der Waals surface area (Å²) in [5.74, 6) is 0. The zero-order chi connectivity index (χ0) is 11.8. The van der Waals surface area contributed by atoms with Gasteiger partial charge < -0.3 is 5.32 Å². The maximum Gasteiger partial charge on any atom is 0.0724 e. The largest absolute Gasteiger partial charge is 0.311 e. The van der Waals surface area contributed by atoms with E-state index in [2.05, 4.69) is 45.6 Å². The lowest BCUT2D eigenvalue weighted by Gasteiger charge is -2.04. The van der Waals surface area contributed by atoms with Gasteiger partial charge in [-0.25, -0.2) is 0 Å². The second kappa shape index (κ2) is 6.76. The molecule has 0 bridgehead atoms. The zero-order valence-electron chi connectivity index (χ0n) is 9.84. The number of aryl methyl sites for hydroxylation is 1. The first-order valence-electron chi connectivity index (χ1n) is 5.95. The van der Waals surface area contributed by atoms with Crippen LogP contribution in [0.3, 0.4) is 0 Å². The Morgan fingerprint density at radius 1 is 1.06 bits per heavy atom. The summed E-state index contributed by atoms with van der Waals surface area (Å²) in [5, 5.41) is 3.37. The van der Waals surface area contributed by atoms with Crippen LogP contribution in [-0.2, 0) is 13.0 Å². The van der Waals surface area contributed by atoms with Crippen molar-refractivity contribution >= 4 is 0 Å². The summed E-state index contributed by atoms with van der Waals surface area (Å²) in [6.07, 6.45) is 7.47. The van der Waals surface area contributed by atoms with Crippen LogP contribution in [0.15, 0.2) is 48.9 Å². The molecule has 0 aliphatic rings. The van der Waals surface area contributed by atoms with Crippen LogP contribution >= 0.6 is 0 Å². The lowest BCUT2D eigenvalue weighted by molar-refractivity contribution is 0.639. The first kappa shape index (κ1) is 11.7. The van der Waals surface area contributed by atoms with Crippen LogP contribution in [0.1, 0.15) is 17.7 Å².